The summed E-state index contributed by atoms with van der Waals surface area (Å²) in [5.41, 5.74) is 2.41. The Kier molecular flexibility index (Phi) is 4.27. The second-order valence-corrected chi connectivity index (χ2v) is 5.87. The molecule has 0 fully saturated rings. The van der Waals surface area contributed by atoms with Gasteiger partial charge in [-0.25, -0.2) is 4.79 Å². The van der Waals surface area contributed by atoms with Gasteiger partial charge in [0.2, 0.25) is 5.91 Å². The number of rotatable bonds is 2. The normalized spacial score (nSPS) is 20.4. The molecule has 1 atom stereocenters. The Morgan fingerprint density at radius 1 is 1.27 bits per heavy atom. The number of carbonyl (C=O) groups excluding carboxylic acids is 2. The van der Waals surface area contributed by atoms with E-state index in [1.807, 2.05) is 17.0 Å². The van der Waals surface area contributed by atoms with Gasteiger partial charge in [-0.15, -0.1) is 0 Å². The quantitative estimate of drug-likeness (QED) is 0.622. The highest BCUT2D eigenvalue weighted by molar-refractivity contribution is 5.99. The van der Waals surface area contributed by atoms with Gasteiger partial charge in [0.25, 0.3) is 0 Å². The van der Waals surface area contributed by atoms with Crippen molar-refractivity contribution in [3.63, 3.8) is 0 Å². The van der Waals surface area contributed by atoms with Gasteiger partial charge in [-0.2, -0.15) is 0 Å². The lowest BCUT2D eigenvalue weighted by atomic mass is 9.90. The lowest BCUT2D eigenvalue weighted by Gasteiger charge is -2.33. The number of benzene rings is 1. The summed E-state index contributed by atoms with van der Waals surface area (Å²) < 4.78 is 4.86. The highest BCUT2D eigenvalue weighted by Crippen LogP contribution is 2.33. The average molecular weight is 299 g/mol. The molecule has 4 heteroatoms. The number of hydrogen-bond donors (Lipinski definition) is 0. The minimum Gasteiger partial charge on any atom is -0.465 e. The van der Waals surface area contributed by atoms with Gasteiger partial charge >= 0.3 is 5.97 Å². The third-order valence-electron chi connectivity index (χ3n) is 4.54. The smallest absolute Gasteiger partial charge is 0.338 e. The molecule has 4 nitrogen and oxygen atoms in total. The van der Waals surface area contributed by atoms with E-state index in [-0.39, 0.29) is 17.8 Å². The molecule has 2 aliphatic rings. The van der Waals surface area contributed by atoms with Crippen LogP contribution in [0.4, 0.5) is 5.69 Å². The van der Waals surface area contributed by atoms with Crippen molar-refractivity contribution >= 4 is 17.6 Å². The first-order chi connectivity index (χ1) is 10.7. The number of methoxy groups -OCH3 is 1. The van der Waals surface area contributed by atoms with Gasteiger partial charge in [0.05, 0.1) is 12.7 Å². The van der Waals surface area contributed by atoms with Gasteiger partial charge in [0.15, 0.2) is 0 Å². The van der Waals surface area contributed by atoms with Gasteiger partial charge in [-0.1, -0.05) is 18.2 Å². The third-order valence-corrected chi connectivity index (χ3v) is 4.54. The SMILES string of the molecule is COC(=O)c1cccc2c1CCCN2C(=O)[C@H]1CC=CCC1. The second-order valence-electron chi connectivity index (χ2n) is 5.87. The van der Waals surface area contributed by atoms with Crippen LogP contribution in [-0.2, 0) is 16.0 Å². The van der Waals surface area contributed by atoms with E-state index in [4.69, 9.17) is 4.74 Å². The van der Waals surface area contributed by atoms with Crippen molar-refractivity contribution in [1.29, 1.82) is 0 Å². The highest BCUT2D eigenvalue weighted by Gasteiger charge is 2.30. The molecule has 22 heavy (non-hydrogen) atoms. The van der Waals surface area contributed by atoms with Crippen molar-refractivity contribution in [1.82, 2.24) is 0 Å². The Labute approximate surface area is 130 Å². The molecule has 0 radical (unpaired) electrons. The Bertz CT molecular complexity index is 621. The van der Waals surface area contributed by atoms with Crippen LogP contribution in [0.3, 0.4) is 0 Å². The molecular formula is C18H21NO3. The van der Waals surface area contributed by atoms with Crippen molar-refractivity contribution in [2.24, 2.45) is 5.92 Å². The van der Waals surface area contributed by atoms with Crippen LogP contribution in [0, 0.1) is 5.92 Å². The van der Waals surface area contributed by atoms with Gasteiger partial charge in [0, 0.05) is 18.2 Å². The van der Waals surface area contributed by atoms with E-state index >= 15 is 0 Å². The first-order valence-electron chi connectivity index (χ1n) is 7.89. The molecule has 3 rings (SSSR count). The van der Waals surface area contributed by atoms with Crippen LogP contribution < -0.4 is 4.90 Å². The molecule has 0 unspecified atom stereocenters. The van der Waals surface area contributed by atoms with E-state index in [2.05, 4.69) is 12.2 Å². The predicted molar refractivity (Wildman–Crippen MR) is 84.9 cm³/mol. The summed E-state index contributed by atoms with van der Waals surface area (Å²) in [7, 11) is 1.39. The molecule has 1 aromatic carbocycles. The number of allylic oxidation sites excluding steroid dienone is 2. The zero-order valence-electron chi connectivity index (χ0n) is 12.9. The molecule has 0 aromatic heterocycles. The van der Waals surface area contributed by atoms with Gasteiger partial charge in [0.1, 0.15) is 0 Å². The lowest BCUT2D eigenvalue weighted by Crippen LogP contribution is -2.40. The van der Waals surface area contributed by atoms with Crippen LogP contribution in [-0.4, -0.2) is 25.5 Å². The number of esters is 1. The second kappa shape index (κ2) is 6.34. The molecule has 0 bridgehead atoms. The standard InChI is InChI=1S/C18H21NO3/c1-22-18(21)15-9-5-11-16-14(15)10-6-12-19(16)17(20)13-7-3-2-4-8-13/h2-3,5,9,11,13H,4,6-8,10,12H2,1H3/t13-/m0/s1. The lowest BCUT2D eigenvalue weighted by molar-refractivity contribution is -0.122. The topological polar surface area (TPSA) is 46.6 Å². The minimum atomic E-state index is -0.327. The number of ether oxygens (including phenoxy) is 1. The van der Waals surface area contributed by atoms with E-state index in [0.29, 0.717) is 5.56 Å². The monoisotopic (exact) mass is 299 g/mol. The Morgan fingerprint density at radius 3 is 2.86 bits per heavy atom. The molecule has 0 saturated heterocycles. The molecule has 116 valence electrons. The largest absolute Gasteiger partial charge is 0.465 e. The highest BCUT2D eigenvalue weighted by atomic mass is 16.5. The van der Waals surface area contributed by atoms with Crippen LogP contribution in [0.2, 0.25) is 0 Å². The molecule has 1 aliphatic carbocycles. The van der Waals surface area contributed by atoms with E-state index in [0.717, 1.165) is 49.9 Å². The number of anilines is 1. The fourth-order valence-electron chi connectivity index (χ4n) is 3.39. The molecule has 1 heterocycles. The fourth-order valence-corrected chi connectivity index (χ4v) is 3.39. The summed E-state index contributed by atoms with van der Waals surface area (Å²) >= 11 is 0. The van der Waals surface area contributed by atoms with Crippen LogP contribution in [0.5, 0.6) is 0 Å². The average Bonchev–Trinajstić information content (AvgIpc) is 2.60. The maximum atomic E-state index is 12.8. The fraction of sp³-hybridized carbons (Fsp3) is 0.444. The molecular weight excluding hydrogens is 278 g/mol. The molecule has 1 amide bonds. The summed E-state index contributed by atoms with van der Waals surface area (Å²) in [6.45, 7) is 0.733. The zero-order chi connectivity index (χ0) is 15.5. The minimum absolute atomic E-state index is 0.0673. The van der Waals surface area contributed by atoms with Crippen molar-refractivity contribution < 1.29 is 14.3 Å². The number of amides is 1. The van der Waals surface area contributed by atoms with E-state index in [1.54, 1.807) is 6.07 Å². The summed E-state index contributed by atoms with van der Waals surface area (Å²) in [6, 6.07) is 5.55. The van der Waals surface area contributed by atoms with Crippen molar-refractivity contribution in [2.45, 2.75) is 32.1 Å². The van der Waals surface area contributed by atoms with Gasteiger partial charge in [-0.3, -0.25) is 4.79 Å². The number of nitrogens with zero attached hydrogens (tertiary/aromatic N) is 1. The van der Waals surface area contributed by atoms with E-state index in [1.165, 1.54) is 7.11 Å². The van der Waals surface area contributed by atoms with Crippen LogP contribution in [0.15, 0.2) is 30.4 Å². The number of hydrogen-bond acceptors (Lipinski definition) is 3. The first-order valence-corrected chi connectivity index (χ1v) is 7.89. The third kappa shape index (κ3) is 2.65. The molecule has 0 saturated carbocycles. The summed E-state index contributed by atoms with van der Waals surface area (Å²) in [5, 5.41) is 0. The number of carbonyl (C=O) groups is 2. The van der Waals surface area contributed by atoms with Crippen LogP contribution in [0.25, 0.3) is 0 Å². The maximum Gasteiger partial charge on any atom is 0.338 e. The van der Waals surface area contributed by atoms with Crippen molar-refractivity contribution in [3.05, 3.63) is 41.5 Å². The zero-order valence-corrected chi connectivity index (χ0v) is 12.9. The van der Waals surface area contributed by atoms with E-state index in [9.17, 15) is 9.59 Å². The van der Waals surface area contributed by atoms with Gasteiger partial charge < -0.3 is 9.64 Å². The molecule has 0 spiro atoms. The molecule has 1 aliphatic heterocycles. The first kappa shape index (κ1) is 14.8. The van der Waals surface area contributed by atoms with Gasteiger partial charge in [-0.05, 0) is 49.8 Å². The maximum absolute atomic E-state index is 12.8. The molecule has 1 aromatic rings. The Hall–Kier alpha value is -2.10. The summed E-state index contributed by atoms with van der Waals surface area (Å²) in [4.78, 5) is 26.6. The van der Waals surface area contributed by atoms with Crippen molar-refractivity contribution in [2.75, 3.05) is 18.6 Å². The van der Waals surface area contributed by atoms with Crippen LogP contribution >= 0.6 is 0 Å². The number of fused-ring (bicyclic) bond motifs is 1. The Balaban J connectivity index is 1.92. The van der Waals surface area contributed by atoms with Crippen molar-refractivity contribution in [3.8, 4) is 0 Å². The summed E-state index contributed by atoms with van der Waals surface area (Å²) in [5.74, 6) is -0.0724. The van der Waals surface area contributed by atoms with Crippen LogP contribution in [0.1, 0.15) is 41.6 Å². The van der Waals surface area contributed by atoms with E-state index < -0.39 is 0 Å². The molecule has 0 N–H and O–H groups in total. The Morgan fingerprint density at radius 2 is 2.14 bits per heavy atom. The summed E-state index contributed by atoms with van der Waals surface area (Å²) in [6.07, 6.45) is 8.65. The predicted octanol–water partition coefficient (Wildman–Crippen LogP) is 3.11.